The number of rotatable bonds is 5. The summed E-state index contributed by atoms with van der Waals surface area (Å²) in [5, 5.41) is 3.12. The molecule has 0 saturated carbocycles. The molecule has 0 aromatic carbocycles. The predicted molar refractivity (Wildman–Crippen MR) is 78.1 cm³/mol. The Morgan fingerprint density at radius 3 is 2.74 bits per heavy atom. The smallest absolute Gasteiger partial charge is 0.325 e. The standard InChI is InChI=1S/C15H30N2O2/c1-12-7-6-9-17(10-8-12)13(2)11-15(3,16-4)14(18)19-5/h12-13,16H,6-11H2,1-5H3. The van der Waals surface area contributed by atoms with Crippen LogP contribution in [0.1, 0.15) is 46.5 Å². The molecule has 0 amide bonds. The van der Waals surface area contributed by atoms with Crippen molar-refractivity contribution >= 4 is 5.97 Å². The Balaban J connectivity index is 2.61. The number of ether oxygens (including phenoxy) is 1. The fourth-order valence-corrected chi connectivity index (χ4v) is 2.96. The summed E-state index contributed by atoms with van der Waals surface area (Å²) in [6.07, 6.45) is 4.63. The van der Waals surface area contributed by atoms with Gasteiger partial charge in [-0.1, -0.05) is 6.92 Å². The van der Waals surface area contributed by atoms with Gasteiger partial charge in [0.15, 0.2) is 0 Å². The Labute approximate surface area is 117 Å². The van der Waals surface area contributed by atoms with Crippen molar-refractivity contribution in [2.45, 2.75) is 58.0 Å². The van der Waals surface area contributed by atoms with Gasteiger partial charge in [-0.15, -0.1) is 0 Å². The van der Waals surface area contributed by atoms with Crippen molar-refractivity contribution < 1.29 is 9.53 Å². The molecular weight excluding hydrogens is 240 g/mol. The molecule has 3 atom stereocenters. The number of likely N-dealkylation sites (N-methyl/N-ethyl adjacent to an activating group) is 1. The third kappa shape index (κ3) is 4.46. The first-order valence-corrected chi connectivity index (χ1v) is 7.44. The lowest BCUT2D eigenvalue weighted by Crippen LogP contribution is -2.52. The lowest BCUT2D eigenvalue weighted by atomic mass is 9.93. The van der Waals surface area contributed by atoms with Crippen LogP contribution in [-0.2, 0) is 9.53 Å². The average Bonchev–Trinajstić information content (AvgIpc) is 2.62. The minimum atomic E-state index is -0.591. The summed E-state index contributed by atoms with van der Waals surface area (Å²) in [6, 6.07) is 0.391. The quantitative estimate of drug-likeness (QED) is 0.776. The van der Waals surface area contributed by atoms with Gasteiger partial charge < -0.3 is 15.0 Å². The monoisotopic (exact) mass is 270 g/mol. The highest BCUT2D eigenvalue weighted by atomic mass is 16.5. The van der Waals surface area contributed by atoms with Gasteiger partial charge in [-0.2, -0.15) is 0 Å². The number of methoxy groups -OCH3 is 1. The van der Waals surface area contributed by atoms with E-state index in [-0.39, 0.29) is 5.97 Å². The average molecular weight is 270 g/mol. The van der Waals surface area contributed by atoms with E-state index in [4.69, 9.17) is 4.74 Å². The molecule has 4 heteroatoms. The SMILES string of the molecule is CNC(C)(CC(C)N1CCCC(C)CC1)C(=O)OC. The van der Waals surface area contributed by atoms with Gasteiger partial charge in [-0.25, -0.2) is 0 Å². The van der Waals surface area contributed by atoms with E-state index in [0.717, 1.165) is 25.4 Å². The highest BCUT2D eigenvalue weighted by Crippen LogP contribution is 2.22. The molecule has 0 aromatic heterocycles. The van der Waals surface area contributed by atoms with Crippen molar-refractivity contribution in [1.82, 2.24) is 10.2 Å². The summed E-state index contributed by atoms with van der Waals surface area (Å²) in [6.45, 7) is 8.76. The summed E-state index contributed by atoms with van der Waals surface area (Å²) in [5.41, 5.74) is -0.591. The molecule has 0 aliphatic carbocycles. The number of hydrogen-bond acceptors (Lipinski definition) is 4. The third-order valence-electron chi connectivity index (χ3n) is 4.57. The van der Waals surface area contributed by atoms with E-state index < -0.39 is 5.54 Å². The number of carbonyl (C=O) groups is 1. The largest absolute Gasteiger partial charge is 0.468 e. The van der Waals surface area contributed by atoms with E-state index in [9.17, 15) is 4.79 Å². The minimum Gasteiger partial charge on any atom is -0.468 e. The van der Waals surface area contributed by atoms with E-state index >= 15 is 0 Å². The number of carbonyl (C=O) groups excluding carboxylic acids is 1. The molecule has 0 radical (unpaired) electrons. The van der Waals surface area contributed by atoms with E-state index in [1.165, 1.54) is 26.4 Å². The summed E-state index contributed by atoms with van der Waals surface area (Å²) in [7, 11) is 3.28. The normalized spacial score (nSPS) is 26.3. The lowest BCUT2D eigenvalue weighted by molar-refractivity contribution is -0.148. The van der Waals surface area contributed by atoms with Gasteiger partial charge in [0.2, 0.25) is 0 Å². The molecule has 1 aliphatic rings. The highest BCUT2D eigenvalue weighted by molar-refractivity contribution is 5.80. The zero-order chi connectivity index (χ0) is 14.5. The number of nitrogens with zero attached hydrogens (tertiary/aromatic N) is 1. The zero-order valence-corrected chi connectivity index (χ0v) is 13.2. The highest BCUT2D eigenvalue weighted by Gasteiger charge is 2.35. The first kappa shape index (κ1) is 16.4. The second-order valence-electron chi connectivity index (χ2n) is 6.20. The zero-order valence-electron chi connectivity index (χ0n) is 13.2. The fraction of sp³-hybridized carbons (Fsp3) is 0.933. The van der Waals surface area contributed by atoms with Crippen LogP contribution in [0.25, 0.3) is 0 Å². The minimum absolute atomic E-state index is 0.176. The maximum Gasteiger partial charge on any atom is 0.325 e. The van der Waals surface area contributed by atoms with Crippen LogP contribution in [0.15, 0.2) is 0 Å². The number of nitrogens with one attached hydrogen (secondary N) is 1. The van der Waals surface area contributed by atoms with Gasteiger partial charge in [0.25, 0.3) is 0 Å². The van der Waals surface area contributed by atoms with Crippen molar-refractivity contribution in [3.63, 3.8) is 0 Å². The van der Waals surface area contributed by atoms with E-state index in [1.807, 2.05) is 14.0 Å². The third-order valence-corrected chi connectivity index (χ3v) is 4.57. The van der Waals surface area contributed by atoms with Gasteiger partial charge >= 0.3 is 5.97 Å². The molecule has 3 unspecified atom stereocenters. The molecule has 0 spiro atoms. The second kappa shape index (κ2) is 7.25. The summed E-state index contributed by atoms with van der Waals surface area (Å²) in [5.74, 6) is 0.651. The van der Waals surface area contributed by atoms with Crippen LogP contribution in [0.4, 0.5) is 0 Å². The fourth-order valence-electron chi connectivity index (χ4n) is 2.96. The molecule has 0 aromatic rings. The van der Waals surface area contributed by atoms with Gasteiger partial charge in [0, 0.05) is 6.04 Å². The Bertz CT molecular complexity index is 296. The van der Waals surface area contributed by atoms with Gasteiger partial charge in [-0.05, 0) is 65.6 Å². The van der Waals surface area contributed by atoms with Gasteiger partial charge in [-0.3, -0.25) is 4.79 Å². The number of likely N-dealkylation sites (tertiary alicyclic amines) is 1. The van der Waals surface area contributed by atoms with Crippen LogP contribution < -0.4 is 5.32 Å². The maximum absolute atomic E-state index is 11.9. The van der Waals surface area contributed by atoms with E-state index in [1.54, 1.807) is 0 Å². The Hall–Kier alpha value is -0.610. The van der Waals surface area contributed by atoms with Crippen molar-refractivity contribution in [2.75, 3.05) is 27.2 Å². The molecule has 1 saturated heterocycles. The molecular formula is C15H30N2O2. The first-order valence-electron chi connectivity index (χ1n) is 7.44. The first-order chi connectivity index (χ1) is 8.92. The molecule has 1 heterocycles. The summed E-state index contributed by atoms with van der Waals surface area (Å²) in [4.78, 5) is 14.4. The summed E-state index contributed by atoms with van der Waals surface area (Å²) < 4.78 is 4.92. The Morgan fingerprint density at radius 1 is 1.47 bits per heavy atom. The van der Waals surface area contributed by atoms with Gasteiger partial charge in [0.1, 0.15) is 5.54 Å². The van der Waals surface area contributed by atoms with Crippen LogP contribution in [0.5, 0.6) is 0 Å². The molecule has 19 heavy (non-hydrogen) atoms. The topological polar surface area (TPSA) is 41.6 Å². The Morgan fingerprint density at radius 2 is 2.16 bits per heavy atom. The molecule has 1 fully saturated rings. The number of hydrogen-bond donors (Lipinski definition) is 1. The van der Waals surface area contributed by atoms with Crippen LogP contribution in [0.3, 0.4) is 0 Å². The Kier molecular flexibility index (Phi) is 6.27. The molecule has 112 valence electrons. The second-order valence-corrected chi connectivity index (χ2v) is 6.20. The maximum atomic E-state index is 11.9. The predicted octanol–water partition coefficient (Wildman–Crippen LogP) is 2.04. The van der Waals surface area contributed by atoms with E-state index in [2.05, 4.69) is 24.1 Å². The molecule has 1 rings (SSSR count). The van der Waals surface area contributed by atoms with Crippen LogP contribution in [0.2, 0.25) is 0 Å². The molecule has 1 N–H and O–H groups in total. The molecule has 4 nitrogen and oxygen atoms in total. The number of esters is 1. The van der Waals surface area contributed by atoms with E-state index in [0.29, 0.717) is 6.04 Å². The van der Waals surface area contributed by atoms with Crippen LogP contribution in [0, 0.1) is 5.92 Å². The van der Waals surface area contributed by atoms with Crippen molar-refractivity contribution in [2.24, 2.45) is 5.92 Å². The molecule has 1 aliphatic heterocycles. The summed E-state index contributed by atoms with van der Waals surface area (Å²) >= 11 is 0. The van der Waals surface area contributed by atoms with Crippen molar-refractivity contribution in [3.8, 4) is 0 Å². The van der Waals surface area contributed by atoms with Crippen molar-refractivity contribution in [3.05, 3.63) is 0 Å². The van der Waals surface area contributed by atoms with Gasteiger partial charge in [0.05, 0.1) is 7.11 Å². The molecule has 0 bridgehead atoms. The van der Waals surface area contributed by atoms with Crippen LogP contribution >= 0.6 is 0 Å². The van der Waals surface area contributed by atoms with Crippen molar-refractivity contribution in [1.29, 1.82) is 0 Å². The lowest BCUT2D eigenvalue weighted by Gasteiger charge is -2.34. The van der Waals surface area contributed by atoms with Crippen LogP contribution in [-0.4, -0.2) is 49.7 Å².